The van der Waals surface area contributed by atoms with Gasteiger partial charge in [-0.3, -0.25) is 0 Å². The Kier molecular flexibility index (Phi) is 6.13. The molecule has 0 aromatic heterocycles. The van der Waals surface area contributed by atoms with E-state index in [9.17, 15) is 4.79 Å². The summed E-state index contributed by atoms with van der Waals surface area (Å²) in [5.74, 6) is 1.95. The van der Waals surface area contributed by atoms with Crippen LogP contribution in [-0.4, -0.2) is 38.3 Å². The first-order chi connectivity index (χ1) is 11.1. The first kappa shape index (κ1) is 17.4. The van der Waals surface area contributed by atoms with Gasteiger partial charge in [-0.25, -0.2) is 4.79 Å². The fourth-order valence-electron chi connectivity index (χ4n) is 2.65. The van der Waals surface area contributed by atoms with E-state index in [0.29, 0.717) is 30.6 Å². The van der Waals surface area contributed by atoms with Crippen molar-refractivity contribution in [2.75, 3.05) is 27.3 Å². The molecule has 1 aliphatic heterocycles. The average Bonchev–Trinajstić information content (AvgIpc) is 2.58. The minimum Gasteiger partial charge on any atom is -0.493 e. The van der Waals surface area contributed by atoms with Crippen molar-refractivity contribution in [1.29, 1.82) is 0 Å². The topological polar surface area (TPSA) is 48.0 Å². The summed E-state index contributed by atoms with van der Waals surface area (Å²) in [4.78, 5) is 13.3. The number of nitrogens with zero attached hydrogens (tertiary/aromatic N) is 1. The first-order valence-corrected chi connectivity index (χ1v) is 8.31. The molecule has 128 valence electrons. The van der Waals surface area contributed by atoms with Gasteiger partial charge in [0.05, 0.1) is 13.7 Å². The van der Waals surface area contributed by atoms with Gasteiger partial charge in [-0.2, -0.15) is 0 Å². The normalized spacial score (nSPS) is 18.0. The van der Waals surface area contributed by atoms with Crippen LogP contribution >= 0.6 is 0 Å². The SMILES string of the molecule is CCC(CC)COc1cc(C2CCN(C)C(=O)O2)ccc1OC. The van der Waals surface area contributed by atoms with Crippen LogP contribution in [0.25, 0.3) is 0 Å². The van der Waals surface area contributed by atoms with E-state index >= 15 is 0 Å². The molecule has 1 aromatic rings. The molecule has 1 unspecified atom stereocenters. The van der Waals surface area contributed by atoms with Crippen molar-refractivity contribution < 1.29 is 19.0 Å². The van der Waals surface area contributed by atoms with Crippen LogP contribution in [0.1, 0.15) is 44.8 Å². The molecule has 5 heteroatoms. The Balaban J connectivity index is 2.13. The Bertz CT molecular complexity index is 528. The lowest BCUT2D eigenvalue weighted by molar-refractivity contribution is 0.0322. The van der Waals surface area contributed by atoms with Gasteiger partial charge in [0.1, 0.15) is 6.10 Å². The maximum absolute atomic E-state index is 11.7. The van der Waals surface area contributed by atoms with E-state index in [2.05, 4.69) is 13.8 Å². The fourth-order valence-corrected chi connectivity index (χ4v) is 2.65. The van der Waals surface area contributed by atoms with Gasteiger partial charge < -0.3 is 19.1 Å². The number of methoxy groups -OCH3 is 1. The van der Waals surface area contributed by atoms with Gasteiger partial charge in [-0.1, -0.05) is 32.8 Å². The number of cyclic esters (lactones) is 1. The van der Waals surface area contributed by atoms with Crippen LogP contribution in [0.5, 0.6) is 11.5 Å². The summed E-state index contributed by atoms with van der Waals surface area (Å²) in [7, 11) is 3.38. The highest BCUT2D eigenvalue weighted by atomic mass is 16.6. The molecule has 0 saturated carbocycles. The number of carbonyl (C=O) groups is 1. The van der Waals surface area contributed by atoms with Gasteiger partial charge in [0, 0.05) is 20.0 Å². The zero-order valence-electron chi connectivity index (χ0n) is 14.5. The molecule has 2 rings (SSSR count). The number of benzene rings is 1. The molecule has 0 spiro atoms. The Morgan fingerprint density at radius 1 is 1.30 bits per heavy atom. The van der Waals surface area contributed by atoms with Crippen LogP contribution in [0, 0.1) is 5.92 Å². The Morgan fingerprint density at radius 3 is 2.65 bits per heavy atom. The summed E-state index contributed by atoms with van der Waals surface area (Å²) < 4.78 is 16.8. The fraction of sp³-hybridized carbons (Fsp3) is 0.611. The number of hydrogen-bond donors (Lipinski definition) is 0. The molecule has 1 amide bonds. The third-order valence-corrected chi connectivity index (χ3v) is 4.47. The molecule has 0 bridgehead atoms. The summed E-state index contributed by atoms with van der Waals surface area (Å²) in [6.45, 7) is 5.70. The predicted octanol–water partition coefficient (Wildman–Crippen LogP) is 4.02. The molecule has 5 nitrogen and oxygen atoms in total. The zero-order chi connectivity index (χ0) is 16.8. The molecule has 1 fully saturated rings. The lowest BCUT2D eigenvalue weighted by atomic mass is 10.0. The lowest BCUT2D eigenvalue weighted by Gasteiger charge is -2.29. The van der Waals surface area contributed by atoms with E-state index in [4.69, 9.17) is 14.2 Å². The molecule has 0 radical (unpaired) electrons. The molecular weight excluding hydrogens is 294 g/mol. The largest absolute Gasteiger partial charge is 0.493 e. The smallest absolute Gasteiger partial charge is 0.410 e. The summed E-state index contributed by atoms with van der Waals surface area (Å²) in [5.41, 5.74) is 0.951. The van der Waals surface area contributed by atoms with Crippen molar-refractivity contribution in [3.05, 3.63) is 23.8 Å². The van der Waals surface area contributed by atoms with E-state index in [1.165, 1.54) is 0 Å². The van der Waals surface area contributed by atoms with Gasteiger partial charge >= 0.3 is 6.09 Å². The summed E-state index contributed by atoms with van der Waals surface area (Å²) in [6.07, 6.45) is 2.45. The zero-order valence-corrected chi connectivity index (χ0v) is 14.5. The average molecular weight is 321 g/mol. The Labute approximate surface area is 138 Å². The number of carbonyl (C=O) groups excluding carboxylic acids is 1. The highest BCUT2D eigenvalue weighted by molar-refractivity contribution is 5.68. The molecule has 1 aliphatic rings. The second kappa shape index (κ2) is 8.09. The predicted molar refractivity (Wildman–Crippen MR) is 89.0 cm³/mol. The van der Waals surface area contributed by atoms with Crippen LogP contribution in [0.3, 0.4) is 0 Å². The number of rotatable bonds is 7. The maximum Gasteiger partial charge on any atom is 0.410 e. The molecule has 0 aliphatic carbocycles. The molecule has 0 N–H and O–H groups in total. The minimum atomic E-state index is -0.281. The van der Waals surface area contributed by atoms with Crippen LogP contribution < -0.4 is 9.47 Å². The van der Waals surface area contributed by atoms with Crippen LogP contribution in [-0.2, 0) is 4.74 Å². The van der Waals surface area contributed by atoms with Gasteiger partial charge in [0.2, 0.25) is 0 Å². The van der Waals surface area contributed by atoms with Crippen molar-refractivity contribution in [2.24, 2.45) is 5.92 Å². The lowest BCUT2D eigenvalue weighted by Crippen LogP contribution is -2.35. The Hall–Kier alpha value is -1.91. The van der Waals surface area contributed by atoms with E-state index in [0.717, 1.165) is 24.8 Å². The second-order valence-electron chi connectivity index (χ2n) is 5.99. The van der Waals surface area contributed by atoms with Gasteiger partial charge in [0.25, 0.3) is 0 Å². The van der Waals surface area contributed by atoms with Gasteiger partial charge in [0.15, 0.2) is 11.5 Å². The third-order valence-electron chi connectivity index (χ3n) is 4.47. The highest BCUT2D eigenvalue weighted by Crippen LogP contribution is 2.34. The first-order valence-electron chi connectivity index (χ1n) is 8.31. The standard InChI is InChI=1S/C18H27NO4/c1-5-13(6-2)12-22-17-11-14(7-8-16(17)21-4)15-9-10-19(3)18(20)23-15/h7-8,11,13,15H,5-6,9-10,12H2,1-4H3. The van der Waals surface area contributed by atoms with Crippen molar-refractivity contribution in [1.82, 2.24) is 4.90 Å². The van der Waals surface area contributed by atoms with Crippen LogP contribution in [0.4, 0.5) is 4.79 Å². The van der Waals surface area contributed by atoms with Gasteiger partial charge in [-0.05, 0) is 23.6 Å². The van der Waals surface area contributed by atoms with E-state index in [1.54, 1.807) is 19.1 Å². The van der Waals surface area contributed by atoms with Crippen molar-refractivity contribution in [3.63, 3.8) is 0 Å². The minimum absolute atomic E-state index is 0.222. The van der Waals surface area contributed by atoms with Gasteiger partial charge in [-0.15, -0.1) is 0 Å². The second-order valence-corrected chi connectivity index (χ2v) is 5.99. The van der Waals surface area contributed by atoms with E-state index in [1.807, 2.05) is 18.2 Å². The summed E-state index contributed by atoms with van der Waals surface area (Å²) in [6, 6.07) is 5.75. The molecular formula is C18H27NO4. The quantitative estimate of drug-likeness (QED) is 0.761. The van der Waals surface area contributed by atoms with Crippen LogP contribution in [0.2, 0.25) is 0 Å². The molecule has 1 aromatic carbocycles. The van der Waals surface area contributed by atoms with Crippen molar-refractivity contribution in [3.8, 4) is 11.5 Å². The molecule has 1 saturated heterocycles. The number of hydrogen-bond acceptors (Lipinski definition) is 4. The molecule has 23 heavy (non-hydrogen) atoms. The maximum atomic E-state index is 11.7. The van der Waals surface area contributed by atoms with Crippen LogP contribution in [0.15, 0.2) is 18.2 Å². The Morgan fingerprint density at radius 2 is 2.04 bits per heavy atom. The van der Waals surface area contributed by atoms with E-state index < -0.39 is 0 Å². The highest BCUT2D eigenvalue weighted by Gasteiger charge is 2.26. The monoisotopic (exact) mass is 321 g/mol. The molecule has 1 heterocycles. The number of ether oxygens (including phenoxy) is 3. The third kappa shape index (κ3) is 4.30. The summed E-state index contributed by atoms with van der Waals surface area (Å²) in [5, 5.41) is 0. The van der Waals surface area contributed by atoms with Crippen molar-refractivity contribution in [2.45, 2.75) is 39.2 Å². The molecule has 1 atom stereocenters. The van der Waals surface area contributed by atoms with E-state index in [-0.39, 0.29) is 12.2 Å². The van der Waals surface area contributed by atoms with Crippen molar-refractivity contribution >= 4 is 6.09 Å². The summed E-state index contributed by atoms with van der Waals surface area (Å²) >= 11 is 0. The number of amides is 1.